The summed E-state index contributed by atoms with van der Waals surface area (Å²) in [6.45, 7) is 1.36. The molecule has 164 valence electrons. The third kappa shape index (κ3) is 5.02. The second kappa shape index (κ2) is 9.73. The Morgan fingerprint density at radius 3 is 2.72 bits per heavy atom. The Kier molecular flexibility index (Phi) is 6.59. The summed E-state index contributed by atoms with van der Waals surface area (Å²) in [7, 11) is 1.78. The molecule has 1 atom stereocenters. The molecule has 0 N–H and O–H groups in total. The van der Waals surface area contributed by atoms with E-state index in [0.717, 1.165) is 22.3 Å². The lowest BCUT2D eigenvalue weighted by Crippen LogP contribution is -2.38. The highest BCUT2D eigenvalue weighted by atomic mass is 19.1. The van der Waals surface area contributed by atoms with E-state index in [1.165, 1.54) is 12.1 Å². The fourth-order valence-electron chi connectivity index (χ4n) is 4.20. The number of likely N-dealkylation sites (N-methyl/N-ethyl adjacent to an activating group) is 1. The van der Waals surface area contributed by atoms with Crippen molar-refractivity contribution in [2.24, 2.45) is 5.92 Å². The fraction of sp³-hybridized carbons (Fsp3) is 0.269. The van der Waals surface area contributed by atoms with E-state index in [-0.39, 0.29) is 30.0 Å². The summed E-state index contributed by atoms with van der Waals surface area (Å²) in [5, 5.41) is 0. The SMILES string of the molecule is CN1CCN(C(=O)Cc2cccnc2)C[C@@H](Cc2ccccc2-c2cccc(F)c2)C1=O. The fourth-order valence-corrected chi connectivity index (χ4v) is 4.20. The molecule has 0 bridgehead atoms. The monoisotopic (exact) mass is 431 g/mol. The van der Waals surface area contributed by atoms with Crippen molar-refractivity contribution in [2.45, 2.75) is 12.8 Å². The largest absolute Gasteiger partial charge is 0.344 e. The predicted molar refractivity (Wildman–Crippen MR) is 121 cm³/mol. The number of aromatic nitrogens is 1. The van der Waals surface area contributed by atoms with Gasteiger partial charge in [-0.3, -0.25) is 14.6 Å². The van der Waals surface area contributed by atoms with Crippen LogP contribution in [0.4, 0.5) is 4.39 Å². The van der Waals surface area contributed by atoms with Crippen molar-refractivity contribution in [3.8, 4) is 11.1 Å². The van der Waals surface area contributed by atoms with E-state index in [1.807, 2.05) is 42.5 Å². The van der Waals surface area contributed by atoms with Crippen LogP contribution in [-0.2, 0) is 22.4 Å². The summed E-state index contributed by atoms with van der Waals surface area (Å²) in [6.07, 6.45) is 4.12. The molecule has 2 aromatic carbocycles. The Labute approximate surface area is 187 Å². The molecule has 1 saturated heterocycles. The first-order chi connectivity index (χ1) is 15.5. The molecular weight excluding hydrogens is 405 g/mol. The summed E-state index contributed by atoms with van der Waals surface area (Å²) in [4.78, 5) is 33.6. The maximum absolute atomic E-state index is 13.8. The van der Waals surface area contributed by atoms with Gasteiger partial charge in [-0.05, 0) is 46.9 Å². The molecule has 2 amide bonds. The van der Waals surface area contributed by atoms with Crippen LogP contribution in [0.1, 0.15) is 11.1 Å². The highest BCUT2D eigenvalue weighted by Crippen LogP contribution is 2.27. The lowest BCUT2D eigenvalue weighted by Gasteiger charge is -2.24. The van der Waals surface area contributed by atoms with Crippen LogP contribution in [0, 0.1) is 11.7 Å². The van der Waals surface area contributed by atoms with E-state index in [9.17, 15) is 14.0 Å². The number of rotatable bonds is 5. The van der Waals surface area contributed by atoms with Gasteiger partial charge in [-0.25, -0.2) is 4.39 Å². The molecule has 2 heterocycles. The molecule has 0 spiro atoms. The Morgan fingerprint density at radius 1 is 1.09 bits per heavy atom. The Morgan fingerprint density at radius 2 is 1.94 bits per heavy atom. The predicted octanol–water partition coefficient (Wildman–Crippen LogP) is 3.59. The number of halogens is 1. The third-order valence-corrected chi connectivity index (χ3v) is 5.92. The Bertz CT molecular complexity index is 1100. The van der Waals surface area contributed by atoms with Crippen molar-refractivity contribution in [3.05, 3.63) is 90.0 Å². The molecule has 5 nitrogen and oxygen atoms in total. The lowest BCUT2D eigenvalue weighted by atomic mass is 9.91. The number of benzene rings is 2. The van der Waals surface area contributed by atoms with Gasteiger partial charge >= 0.3 is 0 Å². The first-order valence-corrected chi connectivity index (χ1v) is 10.8. The average molecular weight is 432 g/mol. The standard InChI is InChI=1S/C26H26FN3O2/c1-29-12-13-30(25(31)14-19-6-5-11-28-17-19)18-22(26(29)32)15-20-7-2-3-10-24(20)21-8-4-9-23(27)16-21/h2-11,16-17,22H,12-15,18H2,1H3/t22-/m1/s1. The number of hydrogen-bond acceptors (Lipinski definition) is 3. The van der Waals surface area contributed by atoms with Gasteiger partial charge < -0.3 is 9.80 Å². The quantitative estimate of drug-likeness (QED) is 0.620. The molecule has 0 saturated carbocycles. The smallest absolute Gasteiger partial charge is 0.227 e. The molecule has 3 aromatic rings. The number of amides is 2. The van der Waals surface area contributed by atoms with Gasteiger partial charge in [-0.15, -0.1) is 0 Å². The molecule has 1 aromatic heterocycles. The molecule has 4 rings (SSSR count). The van der Waals surface area contributed by atoms with Gasteiger partial charge in [0.2, 0.25) is 11.8 Å². The number of pyridine rings is 1. The van der Waals surface area contributed by atoms with Crippen molar-refractivity contribution < 1.29 is 14.0 Å². The highest BCUT2D eigenvalue weighted by Gasteiger charge is 2.31. The highest BCUT2D eigenvalue weighted by molar-refractivity contribution is 5.83. The third-order valence-electron chi connectivity index (χ3n) is 5.92. The minimum absolute atomic E-state index is 0.00971. The van der Waals surface area contributed by atoms with Crippen LogP contribution in [0.25, 0.3) is 11.1 Å². The Hall–Kier alpha value is -3.54. The molecule has 0 aliphatic carbocycles. The van der Waals surface area contributed by atoms with E-state index in [2.05, 4.69) is 4.98 Å². The second-order valence-electron chi connectivity index (χ2n) is 8.21. The van der Waals surface area contributed by atoms with Crippen molar-refractivity contribution in [3.63, 3.8) is 0 Å². The minimum atomic E-state index is -0.366. The van der Waals surface area contributed by atoms with Crippen LogP contribution in [0.5, 0.6) is 0 Å². The first-order valence-electron chi connectivity index (χ1n) is 10.8. The zero-order chi connectivity index (χ0) is 22.5. The van der Waals surface area contributed by atoms with E-state index < -0.39 is 0 Å². The molecule has 1 aliphatic heterocycles. The van der Waals surface area contributed by atoms with E-state index in [4.69, 9.17) is 0 Å². The zero-order valence-corrected chi connectivity index (χ0v) is 18.1. The van der Waals surface area contributed by atoms with E-state index in [1.54, 1.807) is 35.3 Å². The summed E-state index contributed by atoms with van der Waals surface area (Å²) in [6, 6.07) is 17.9. The van der Waals surface area contributed by atoms with Crippen LogP contribution in [0.15, 0.2) is 73.1 Å². The van der Waals surface area contributed by atoms with Crippen molar-refractivity contribution >= 4 is 11.8 Å². The summed E-state index contributed by atoms with van der Waals surface area (Å²) >= 11 is 0. The van der Waals surface area contributed by atoms with Crippen LogP contribution >= 0.6 is 0 Å². The van der Waals surface area contributed by atoms with E-state index >= 15 is 0 Å². The number of carbonyl (C=O) groups is 2. The zero-order valence-electron chi connectivity index (χ0n) is 18.1. The van der Waals surface area contributed by atoms with Crippen LogP contribution in [0.2, 0.25) is 0 Å². The van der Waals surface area contributed by atoms with Crippen LogP contribution in [0.3, 0.4) is 0 Å². The topological polar surface area (TPSA) is 53.5 Å². The molecule has 1 aliphatic rings. The average Bonchev–Trinajstić information content (AvgIpc) is 2.94. The minimum Gasteiger partial charge on any atom is -0.344 e. The number of carbonyl (C=O) groups excluding carboxylic acids is 2. The van der Waals surface area contributed by atoms with Crippen LogP contribution in [-0.4, -0.2) is 53.3 Å². The molecule has 0 unspecified atom stereocenters. The molecular formula is C26H26FN3O2. The van der Waals surface area contributed by atoms with Gasteiger partial charge in [0.1, 0.15) is 5.82 Å². The maximum Gasteiger partial charge on any atom is 0.227 e. The van der Waals surface area contributed by atoms with Gasteiger partial charge in [0.25, 0.3) is 0 Å². The summed E-state index contributed by atoms with van der Waals surface area (Å²) in [5.74, 6) is -0.648. The van der Waals surface area contributed by atoms with Gasteiger partial charge in [0.15, 0.2) is 0 Å². The van der Waals surface area contributed by atoms with Crippen molar-refractivity contribution in [1.82, 2.24) is 14.8 Å². The molecule has 32 heavy (non-hydrogen) atoms. The Balaban J connectivity index is 1.57. The molecule has 0 radical (unpaired) electrons. The molecule has 6 heteroatoms. The lowest BCUT2D eigenvalue weighted by molar-refractivity contribution is -0.133. The first kappa shape index (κ1) is 21.7. The summed E-state index contributed by atoms with van der Waals surface area (Å²) < 4.78 is 13.8. The van der Waals surface area contributed by atoms with Crippen LogP contribution < -0.4 is 0 Å². The molecule has 1 fully saturated rings. The maximum atomic E-state index is 13.8. The normalized spacial score (nSPS) is 16.7. The van der Waals surface area contributed by atoms with E-state index in [0.29, 0.717) is 26.1 Å². The van der Waals surface area contributed by atoms with Crippen molar-refractivity contribution in [1.29, 1.82) is 0 Å². The van der Waals surface area contributed by atoms with Crippen molar-refractivity contribution in [2.75, 3.05) is 26.7 Å². The number of hydrogen-bond donors (Lipinski definition) is 0. The summed E-state index contributed by atoms with van der Waals surface area (Å²) in [5.41, 5.74) is 3.50. The van der Waals surface area contributed by atoms with Gasteiger partial charge in [-0.2, -0.15) is 0 Å². The van der Waals surface area contributed by atoms with Gasteiger partial charge in [0, 0.05) is 39.1 Å². The van der Waals surface area contributed by atoms with Gasteiger partial charge in [0.05, 0.1) is 12.3 Å². The second-order valence-corrected chi connectivity index (χ2v) is 8.21. The number of nitrogens with zero attached hydrogens (tertiary/aromatic N) is 3. The van der Waals surface area contributed by atoms with Gasteiger partial charge in [-0.1, -0.05) is 42.5 Å².